The van der Waals surface area contributed by atoms with Crippen LogP contribution in [-0.4, -0.2) is 180 Å². The summed E-state index contributed by atoms with van der Waals surface area (Å²) in [6, 6.07) is 0. The zero-order valence-electron chi connectivity index (χ0n) is 39.5. The summed E-state index contributed by atoms with van der Waals surface area (Å²) in [6.07, 6.45) is -18.4. The zero-order chi connectivity index (χ0) is 49.1. The van der Waals surface area contributed by atoms with Gasteiger partial charge in [0.1, 0.15) is 67.1 Å². The van der Waals surface area contributed by atoms with Crippen LogP contribution in [-0.2, 0) is 38.0 Å². The smallest absolute Gasteiger partial charge is 0.312 e. The summed E-state index contributed by atoms with van der Waals surface area (Å²) >= 11 is 0. The summed E-state index contributed by atoms with van der Waals surface area (Å²) in [6.45, 7) is 15.0. The van der Waals surface area contributed by atoms with Gasteiger partial charge in [0, 0.05) is 0 Å². The molecule has 8 rings (SSSR count). The number of aliphatic hydroxyl groups is 9. The number of rotatable bonds is 11. The molecule has 3 aliphatic heterocycles. The molecular formula is C48H76O19. The second kappa shape index (κ2) is 18.3. The Balaban J connectivity index is 0.958. The first-order valence-corrected chi connectivity index (χ1v) is 24.4. The van der Waals surface area contributed by atoms with E-state index in [1.807, 2.05) is 6.92 Å². The molecule has 8 aliphatic rings. The number of ether oxygens (including phenoxy) is 6. The van der Waals surface area contributed by atoms with Crippen molar-refractivity contribution in [2.24, 2.45) is 56.7 Å². The number of aliphatic carboxylic acids is 2. The lowest BCUT2D eigenvalue weighted by Gasteiger charge is -2.72. The Morgan fingerprint density at radius 1 is 0.627 bits per heavy atom. The summed E-state index contributed by atoms with van der Waals surface area (Å²) in [7, 11) is 0. The molecular weight excluding hydrogens is 881 g/mol. The standard InChI is InChI=1S/C48H76O19/c1-20(2)22-10-15-48(43(60)61)17-16-45(5)23(29(22)48)8-9-26-44(4)13-12-28(47(7,42(58)59)27(44)11-14-46(26,45)6)66-41-36(56)33(53)31(51)25(65-41)19-62-39-37(57)34(54)38(24(18-49)64-39)67-40-35(55)32(52)30(50)21(3)63-40/h21-41,49-57H,1,8-19H2,2-7H3,(H,58,59)(H,60,61)/t21-,22-,23?,24+,25+,26?,27?,28-,29?,30-,31+,32+,33-,34+,35+,36+,37+,38+,39+,40-,41-,44+,45+,46+,47?,48-/m0/s1. The highest BCUT2D eigenvalue weighted by molar-refractivity contribution is 5.77. The van der Waals surface area contributed by atoms with E-state index in [1.54, 1.807) is 6.92 Å². The molecule has 0 aromatic rings. The van der Waals surface area contributed by atoms with Crippen LogP contribution in [0.15, 0.2) is 12.2 Å². The average molecular weight is 957 g/mol. The monoisotopic (exact) mass is 956 g/mol. The molecule has 0 spiro atoms. The van der Waals surface area contributed by atoms with Gasteiger partial charge in [-0.25, -0.2) is 0 Å². The van der Waals surface area contributed by atoms with Gasteiger partial charge in [0.05, 0.1) is 36.3 Å². The van der Waals surface area contributed by atoms with Crippen molar-refractivity contribution in [3.8, 4) is 0 Å². The molecule has 67 heavy (non-hydrogen) atoms. The van der Waals surface area contributed by atoms with E-state index < -0.39 is 140 Å². The number of carbonyl (C=O) groups is 2. The topological polar surface area (TPSA) is 312 Å². The molecule has 26 atom stereocenters. The summed E-state index contributed by atoms with van der Waals surface area (Å²) in [4.78, 5) is 26.9. The summed E-state index contributed by atoms with van der Waals surface area (Å²) in [5.41, 5.74) is -2.02. The van der Waals surface area contributed by atoms with Gasteiger partial charge in [0.2, 0.25) is 0 Å². The van der Waals surface area contributed by atoms with Crippen molar-refractivity contribution in [2.75, 3.05) is 13.2 Å². The van der Waals surface area contributed by atoms with Gasteiger partial charge in [-0.15, -0.1) is 0 Å². The van der Waals surface area contributed by atoms with Crippen LogP contribution >= 0.6 is 0 Å². The SMILES string of the molecule is C=C(C)[C@@H]1CC[C@]2(C(=O)O)CC[C@]3(C)C(CCC4[C@@]5(C)CC[C@H](O[C@@H]6O[C@H](CO[C@@H]7O[C@H](CO)[C@@H](O[C@@H]8O[C@@H](C)[C@H](O)[C@@H](O)[C@H]8O)[C@H](O)[C@H]7O)[C@@H](O)[C@H](O)[C@H]6O)C(C)(C(=O)O)C5CC[C@]43C)C12. The summed E-state index contributed by atoms with van der Waals surface area (Å²) in [5, 5.41) is 118. The molecule has 0 bridgehead atoms. The highest BCUT2D eigenvalue weighted by Crippen LogP contribution is 2.77. The lowest BCUT2D eigenvalue weighted by atomic mass is 9.32. The van der Waals surface area contributed by atoms with Crippen molar-refractivity contribution in [1.82, 2.24) is 0 Å². The number of carboxylic acids is 2. The second-order valence-corrected chi connectivity index (χ2v) is 22.7. The molecule has 3 heterocycles. The number of carboxylic acid groups (broad SMARTS) is 2. The molecule has 11 N–H and O–H groups in total. The maximum absolute atomic E-state index is 13.7. The van der Waals surface area contributed by atoms with Crippen LogP contribution in [0.25, 0.3) is 0 Å². The Labute approximate surface area is 391 Å². The van der Waals surface area contributed by atoms with Crippen LogP contribution in [0.3, 0.4) is 0 Å². The van der Waals surface area contributed by atoms with Crippen molar-refractivity contribution in [1.29, 1.82) is 0 Å². The largest absolute Gasteiger partial charge is 0.481 e. The molecule has 382 valence electrons. The van der Waals surface area contributed by atoms with E-state index in [0.717, 1.165) is 37.7 Å². The van der Waals surface area contributed by atoms with Gasteiger partial charge in [0.25, 0.3) is 0 Å². The third-order valence-corrected chi connectivity index (χ3v) is 19.9. The van der Waals surface area contributed by atoms with E-state index in [0.29, 0.717) is 25.7 Å². The molecule has 0 aromatic carbocycles. The molecule has 0 radical (unpaired) electrons. The Kier molecular flexibility index (Phi) is 14.0. The quantitative estimate of drug-likeness (QED) is 0.100. The van der Waals surface area contributed by atoms with E-state index in [4.69, 9.17) is 28.4 Å². The van der Waals surface area contributed by atoms with E-state index in [2.05, 4.69) is 27.4 Å². The highest BCUT2D eigenvalue weighted by Gasteiger charge is 2.73. The van der Waals surface area contributed by atoms with Crippen LogP contribution in [0.2, 0.25) is 0 Å². The molecule has 5 aliphatic carbocycles. The number of fused-ring (bicyclic) bond motifs is 7. The van der Waals surface area contributed by atoms with E-state index in [-0.39, 0.29) is 46.8 Å². The zero-order valence-corrected chi connectivity index (χ0v) is 39.5. The first-order chi connectivity index (χ1) is 31.3. The highest BCUT2D eigenvalue weighted by atomic mass is 16.8. The maximum atomic E-state index is 13.7. The van der Waals surface area contributed by atoms with Gasteiger partial charge in [-0.3, -0.25) is 9.59 Å². The molecule has 8 fully saturated rings. The second-order valence-electron chi connectivity index (χ2n) is 22.7. The van der Waals surface area contributed by atoms with Crippen LogP contribution in [0.1, 0.15) is 106 Å². The van der Waals surface area contributed by atoms with Gasteiger partial charge in [-0.05, 0) is 131 Å². The fourth-order valence-corrected chi connectivity index (χ4v) is 15.8. The van der Waals surface area contributed by atoms with E-state index >= 15 is 0 Å². The fraction of sp³-hybridized carbons (Fsp3) is 0.917. The molecule has 19 heteroatoms. The molecule has 5 saturated carbocycles. The van der Waals surface area contributed by atoms with Crippen molar-refractivity contribution in [3.63, 3.8) is 0 Å². The minimum absolute atomic E-state index is 0.00507. The van der Waals surface area contributed by atoms with E-state index in [1.165, 1.54) is 6.92 Å². The third-order valence-electron chi connectivity index (χ3n) is 19.9. The van der Waals surface area contributed by atoms with Gasteiger partial charge in [-0.1, -0.05) is 32.9 Å². The van der Waals surface area contributed by atoms with Crippen molar-refractivity contribution in [2.45, 2.75) is 204 Å². The first-order valence-electron chi connectivity index (χ1n) is 24.4. The lowest BCUT2D eigenvalue weighted by molar-refractivity contribution is -0.365. The maximum Gasteiger partial charge on any atom is 0.312 e. The van der Waals surface area contributed by atoms with Crippen LogP contribution in [0, 0.1) is 56.7 Å². The van der Waals surface area contributed by atoms with E-state index in [9.17, 15) is 65.8 Å². The first kappa shape index (κ1) is 51.4. The van der Waals surface area contributed by atoms with Gasteiger partial charge >= 0.3 is 11.9 Å². The Hall–Kier alpha value is -1.92. The normalized spacial score (nSPS) is 55.4. The average Bonchev–Trinajstić information content (AvgIpc) is 3.69. The number of hydrogen-bond donors (Lipinski definition) is 11. The van der Waals surface area contributed by atoms with Crippen LogP contribution < -0.4 is 0 Å². The van der Waals surface area contributed by atoms with Gasteiger partial charge in [0.15, 0.2) is 18.9 Å². The summed E-state index contributed by atoms with van der Waals surface area (Å²) in [5.74, 6) is -1.67. The van der Waals surface area contributed by atoms with Crippen LogP contribution in [0.4, 0.5) is 0 Å². The molecule has 0 amide bonds. The lowest BCUT2D eigenvalue weighted by Crippen LogP contribution is -2.69. The van der Waals surface area contributed by atoms with Crippen molar-refractivity contribution in [3.05, 3.63) is 12.2 Å². The molecule has 19 nitrogen and oxygen atoms in total. The van der Waals surface area contributed by atoms with Crippen molar-refractivity contribution < 1.29 is 94.2 Å². The Morgan fingerprint density at radius 2 is 1.25 bits per heavy atom. The molecule has 0 aromatic heterocycles. The predicted octanol–water partition coefficient (Wildman–Crippen LogP) is 0.654. The minimum Gasteiger partial charge on any atom is -0.481 e. The minimum atomic E-state index is -1.86. The number of allylic oxidation sites excluding steroid dienone is 1. The predicted molar refractivity (Wildman–Crippen MR) is 231 cm³/mol. The Bertz CT molecular complexity index is 1850. The number of aliphatic hydroxyl groups excluding tert-OH is 9. The van der Waals surface area contributed by atoms with Crippen LogP contribution in [0.5, 0.6) is 0 Å². The molecule has 5 unspecified atom stereocenters. The van der Waals surface area contributed by atoms with Gasteiger partial charge in [-0.2, -0.15) is 0 Å². The third kappa shape index (κ3) is 7.79. The number of hydrogen-bond acceptors (Lipinski definition) is 17. The summed E-state index contributed by atoms with van der Waals surface area (Å²) < 4.78 is 35.1. The van der Waals surface area contributed by atoms with Crippen molar-refractivity contribution >= 4 is 11.9 Å². The Morgan fingerprint density at radius 3 is 1.88 bits per heavy atom. The fourth-order valence-electron chi connectivity index (χ4n) is 15.8. The van der Waals surface area contributed by atoms with Gasteiger partial charge < -0.3 is 84.6 Å². The molecule has 3 saturated heterocycles.